The van der Waals surface area contributed by atoms with Crippen molar-refractivity contribution in [3.8, 4) is 28.7 Å². The van der Waals surface area contributed by atoms with Gasteiger partial charge in [-0.1, -0.05) is 23.2 Å². The second kappa shape index (κ2) is 13.0. The predicted molar refractivity (Wildman–Crippen MR) is 161 cm³/mol. The van der Waals surface area contributed by atoms with Gasteiger partial charge in [0.1, 0.15) is 29.1 Å². The third kappa shape index (κ3) is 6.53. The molecule has 2 aromatic heterocycles. The van der Waals surface area contributed by atoms with Crippen LogP contribution in [0.3, 0.4) is 0 Å². The number of nitrogens with one attached hydrogen (secondary N) is 1. The molecule has 1 aliphatic rings. The Hall–Kier alpha value is -3.52. The summed E-state index contributed by atoms with van der Waals surface area (Å²) >= 11 is 12.6. The average Bonchev–Trinajstić information content (AvgIpc) is 3.45. The van der Waals surface area contributed by atoms with Crippen LogP contribution in [-0.2, 0) is 11.3 Å². The maximum absolute atomic E-state index is 9.85. The van der Waals surface area contributed by atoms with Crippen LogP contribution in [0.15, 0.2) is 47.1 Å². The number of nitrogens with zero attached hydrogens (tertiary/aromatic N) is 4. The van der Waals surface area contributed by atoms with Crippen molar-refractivity contribution >= 4 is 45.6 Å². The van der Waals surface area contributed by atoms with Crippen molar-refractivity contribution in [3.05, 3.63) is 64.0 Å². The molecule has 0 bridgehead atoms. The Balaban J connectivity index is 1.41. The molecule has 5 rings (SSSR count). The number of benzene rings is 2. The third-order valence-corrected chi connectivity index (χ3v) is 7.78. The molecule has 0 saturated carbocycles. The van der Waals surface area contributed by atoms with Gasteiger partial charge in [0, 0.05) is 62.4 Å². The topological polar surface area (TPSA) is 96.0 Å². The highest BCUT2D eigenvalue weighted by atomic mass is 35.5. The molecule has 214 valence electrons. The number of piperazine rings is 1. The standard InChI is InChI=1S/C30H31Cl2N5O4/c1-38-9-8-36-4-6-37(7-5-36)17-22-11-21(18-41-22)23-13-26-19(12-28(23)39-2)10-20(16-33)30(34-26)35-27-15-29(40-3)25(32)14-24(27)31/h10-15,18H,4-9,17H2,1-3H3,(H,34,35). The summed E-state index contributed by atoms with van der Waals surface area (Å²) < 4.78 is 22.2. The number of fused-ring (bicyclic) bond motifs is 1. The van der Waals surface area contributed by atoms with Gasteiger partial charge in [-0.2, -0.15) is 5.26 Å². The lowest BCUT2D eigenvalue weighted by atomic mass is 10.0. The minimum absolute atomic E-state index is 0.352. The van der Waals surface area contributed by atoms with Crippen LogP contribution >= 0.6 is 23.2 Å². The van der Waals surface area contributed by atoms with Crippen molar-refractivity contribution in [2.75, 3.05) is 66.0 Å². The fourth-order valence-corrected chi connectivity index (χ4v) is 5.41. The Morgan fingerprint density at radius 2 is 1.71 bits per heavy atom. The summed E-state index contributed by atoms with van der Waals surface area (Å²) in [7, 11) is 4.88. The second-order valence-electron chi connectivity index (χ2n) is 9.75. The summed E-state index contributed by atoms with van der Waals surface area (Å²) in [4.78, 5) is 9.58. The number of anilines is 2. The van der Waals surface area contributed by atoms with Crippen LogP contribution in [0.1, 0.15) is 11.3 Å². The van der Waals surface area contributed by atoms with E-state index in [1.54, 1.807) is 38.7 Å². The minimum atomic E-state index is 0.352. The van der Waals surface area contributed by atoms with E-state index in [-0.39, 0.29) is 0 Å². The first-order valence-electron chi connectivity index (χ1n) is 13.2. The van der Waals surface area contributed by atoms with Crippen LogP contribution in [0.5, 0.6) is 11.5 Å². The van der Waals surface area contributed by atoms with Gasteiger partial charge in [-0.3, -0.25) is 9.80 Å². The van der Waals surface area contributed by atoms with E-state index in [0.717, 1.165) is 68.1 Å². The molecule has 0 spiro atoms. The number of hydrogen-bond donors (Lipinski definition) is 1. The first-order chi connectivity index (χ1) is 19.9. The lowest BCUT2D eigenvalue weighted by Crippen LogP contribution is -2.46. The fraction of sp³-hybridized carbons (Fsp3) is 0.333. The number of ether oxygens (including phenoxy) is 3. The lowest BCUT2D eigenvalue weighted by Gasteiger charge is -2.33. The van der Waals surface area contributed by atoms with Crippen molar-refractivity contribution in [1.29, 1.82) is 5.26 Å². The van der Waals surface area contributed by atoms with Gasteiger partial charge < -0.3 is 23.9 Å². The number of rotatable bonds is 10. The normalized spacial score (nSPS) is 14.2. The molecule has 41 heavy (non-hydrogen) atoms. The van der Waals surface area contributed by atoms with Gasteiger partial charge in [0.2, 0.25) is 0 Å². The van der Waals surface area contributed by atoms with Crippen molar-refractivity contribution in [3.63, 3.8) is 0 Å². The first kappa shape index (κ1) is 29.0. The van der Waals surface area contributed by atoms with E-state index >= 15 is 0 Å². The molecule has 0 amide bonds. The van der Waals surface area contributed by atoms with E-state index in [2.05, 4.69) is 21.2 Å². The quantitative estimate of drug-likeness (QED) is 0.230. The number of nitriles is 1. The predicted octanol–water partition coefficient (Wildman–Crippen LogP) is 6.20. The van der Waals surface area contributed by atoms with Crippen LogP contribution < -0.4 is 14.8 Å². The fourth-order valence-electron chi connectivity index (χ4n) is 4.90. The maximum atomic E-state index is 9.85. The van der Waals surface area contributed by atoms with Crippen LogP contribution in [0, 0.1) is 11.3 Å². The van der Waals surface area contributed by atoms with Crippen LogP contribution in [0.4, 0.5) is 11.5 Å². The monoisotopic (exact) mass is 595 g/mol. The van der Waals surface area contributed by atoms with Crippen molar-refractivity contribution in [1.82, 2.24) is 14.8 Å². The van der Waals surface area contributed by atoms with Gasteiger partial charge in [0.15, 0.2) is 0 Å². The van der Waals surface area contributed by atoms with E-state index in [4.69, 9.17) is 46.8 Å². The van der Waals surface area contributed by atoms with Gasteiger partial charge in [-0.15, -0.1) is 0 Å². The van der Waals surface area contributed by atoms with Gasteiger partial charge in [0.25, 0.3) is 0 Å². The Labute approximate surface area is 249 Å². The summed E-state index contributed by atoms with van der Waals surface area (Å²) in [6.45, 7) is 6.42. The zero-order valence-electron chi connectivity index (χ0n) is 23.2. The van der Waals surface area contributed by atoms with E-state index in [1.807, 2.05) is 18.2 Å². The highest BCUT2D eigenvalue weighted by molar-refractivity contribution is 6.37. The number of halogens is 2. The molecule has 11 heteroatoms. The minimum Gasteiger partial charge on any atom is -0.496 e. The number of aromatic nitrogens is 1. The molecule has 0 atom stereocenters. The Bertz CT molecular complexity index is 1580. The maximum Gasteiger partial charge on any atom is 0.149 e. The molecule has 1 saturated heterocycles. The Morgan fingerprint density at radius 3 is 2.41 bits per heavy atom. The molecule has 1 aliphatic heterocycles. The molecule has 1 N–H and O–H groups in total. The first-order valence-corrected chi connectivity index (χ1v) is 13.9. The zero-order chi connectivity index (χ0) is 28.9. The summed E-state index contributed by atoms with van der Waals surface area (Å²) in [6, 6.07) is 13.1. The van der Waals surface area contributed by atoms with E-state index in [9.17, 15) is 5.26 Å². The molecule has 3 heterocycles. The highest BCUT2D eigenvalue weighted by Gasteiger charge is 2.20. The lowest BCUT2D eigenvalue weighted by molar-refractivity contribution is 0.0905. The smallest absolute Gasteiger partial charge is 0.149 e. The highest BCUT2D eigenvalue weighted by Crippen LogP contribution is 2.38. The van der Waals surface area contributed by atoms with E-state index in [1.165, 1.54) is 7.11 Å². The summed E-state index contributed by atoms with van der Waals surface area (Å²) in [6.07, 6.45) is 1.75. The van der Waals surface area contributed by atoms with Crippen LogP contribution in [-0.4, -0.2) is 75.4 Å². The van der Waals surface area contributed by atoms with Crippen molar-refractivity contribution in [2.24, 2.45) is 0 Å². The van der Waals surface area contributed by atoms with Crippen LogP contribution in [0.25, 0.3) is 22.0 Å². The van der Waals surface area contributed by atoms with E-state index in [0.29, 0.717) is 44.1 Å². The van der Waals surface area contributed by atoms with Gasteiger partial charge >= 0.3 is 0 Å². The second-order valence-corrected chi connectivity index (χ2v) is 10.6. The number of methoxy groups -OCH3 is 3. The molecule has 9 nitrogen and oxygen atoms in total. The molecule has 2 aromatic carbocycles. The number of pyridine rings is 1. The largest absolute Gasteiger partial charge is 0.496 e. The molecule has 1 fully saturated rings. The summed E-state index contributed by atoms with van der Waals surface area (Å²) in [5, 5.41) is 14.5. The van der Waals surface area contributed by atoms with E-state index < -0.39 is 0 Å². The van der Waals surface area contributed by atoms with Crippen LogP contribution in [0.2, 0.25) is 10.0 Å². The van der Waals surface area contributed by atoms with Gasteiger partial charge in [0.05, 0.1) is 60.4 Å². The molecular formula is C30H31Cl2N5O4. The number of hydrogen-bond acceptors (Lipinski definition) is 9. The van der Waals surface area contributed by atoms with Crippen molar-refractivity contribution < 1.29 is 18.6 Å². The average molecular weight is 597 g/mol. The third-order valence-electron chi connectivity index (χ3n) is 7.17. The molecule has 0 unspecified atom stereocenters. The molecule has 0 aliphatic carbocycles. The molecular weight excluding hydrogens is 565 g/mol. The Kier molecular flexibility index (Phi) is 9.18. The molecule has 4 aromatic rings. The van der Waals surface area contributed by atoms with Gasteiger partial charge in [-0.25, -0.2) is 4.98 Å². The van der Waals surface area contributed by atoms with Gasteiger partial charge in [-0.05, 0) is 30.3 Å². The summed E-state index contributed by atoms with van der Waals surface area (Å²) in [5.74, 6) is 2.36. The Morgan fingerprint density at radius 1 is 0.951 bits per heavy atom. The SMILES string of the molecule is COCCN1CCN(Cc2cc(-c3cc4nc(Nc5cc(OC)c(Cl)cc5Cl)c(C#N)cc4cc3OC)co2)CC1. The number of furan rings is 1. The molecule has 0 radical (unpaired) electrons. The zero-order valence-corrected chi connectivity index (χ0v) is 24.7. The summed E-state index contributed by atoms with van der Waals surface area (Å²) in [5.41, 5.74) is 3.28. The van der Waals surface area contributed by atoms with Crippen molar-refractivity contribution in [2.45, 2.75) is 6.54 Å².